The van der Waals surface area contributed by atoms with Crippen molar-refractivity contribution in [2.75, 3.05) is 12.4 Å². The van der Waals surface area contributed by atoms with Crippen molar-refractivity contribution in [3.05, 3.63) is 60.1 Å². The molecule has 1 aromatic heterocycles. The van der Waals surface area contributed by atoms with Crippen LogP contribution in [-0.4, -0.2) is 41.1 Å². The molecule has 0 saturated carbocycles. The summed E-state index contributed by atoms with van der Waals surface area (Å²) in [6, 6.07) is 12.2. The molecule has 2 aromatic rings. The summed E-state index contributed by atoms with van der Waals surface area (Å²) in [7, 11) is 0. The number of nitrogens with zero attached hydrogens (tertiary/aromatic N) is 1. The first-order valence-electron chi connectivity index (χ1n) is 8.47. The van der Waals surface area contributed by atoms with Gasteiger partial charge in [-0.15, -0.1) is 11.8 Å². The van der Waals surface area contributed by atoms with E-state index in [4.69, 9.17) is 9.15 Å². The van der Waals surface area contributed by atoms with Gasteiger partial charge >= 0.3 is 5.97 Å². The van der Waals surface area contributed by atoms with Gasteiger partial charge in [0.05, 0.1) is 6.26 Å². The monoisotopic (exact) mass is 388 g/mol. The van der Waals surface area contributed by atoms with Crippen LogP contribution in [0.3, 0.4) is 0 Å². The van der Waals surface area contributed by atoms with Gasteiger partial charge in [-0.1, -0.05) is 30.3 Å². The molecular formula is C19H20N2O5S. The number of carbonyl (C=O) groups excluding carboxylic acids is 3. The molecule has 2 atom stereocenters. The van der Waals surface area contributed by atoms with Crippen molar-refractivity contribution in [1.82, 2.24) is 10.2 Å². The molecule has 1 fully saturated rings. The van der Waals surface area contributed by atoms with Crippen LogP contribution in [0.2, 0.25) is 0 Å². The highest BCUT2D eigenvalue weighted by Crippen LogP contribution is 2.41. The molecule has 2 heterocycles. The first-order valence-corrected chi connectivity index (χ1v) is 9.52. The molecule has 2 amide bonds. The van der Waals surface area contributed by atoms with Gasteiger partial charge in [-0.2, -0.15) is 0 Å². The second-order valence-electron chi connectivity index (χ2n) is 6.01. The lowest BCUT2D eigenvalue weighted by atomic mass is 10.2. The van der Waals surface area contributed by atoms with E-state index in [0.29, 0.717) is 18.1 Å². The van der Waals surface area contributed by atoms with Crippen molar-refractivity contribution in [3.63, 3.8) is 0 Å². The molecule has 142 valence electrons. The highest BCUT2D eigenvalue weighted by Gasteiger charge is 2.43. The molecule has 7 nitrogen and oxygen atoms in total. The third-order valence-electron chi connectivity index (χ3n) is 4.10. The van der Waals surface area contributed by atoms with E-state index in [0.717, 1.165) is 5.56 Å². The van der Waals surface area contributed by atoms with Crippen molar-refractivity contribution in [3.8, 4) is 0 Å². The summed E-state index contributed by atoms with van der Waals surface area (Å²) in [6.07, 6.45) is 1.52. The number of rotatable bonds is 6. The molecule has 1 aromatic carbocycles. The summed E-state index contributed by atoms with van der Waals surface area (Å²) in [5, 5.41) is 2.32. The summed E-state index contributed by atoms with van der Waals surface area (Å²) in [4.78, 5) is 37.8. The van der Waals surface area contributed by atoms with Crippen molar-refractivity contribution >= 4 is 29.5 Å². The summed E-state index contributed by atoms with van der Waals surface area (Å²) in [6.45, 7) is 1.37. The van der Waals surface area contributed by atoms with E-state index in [1.807, 2.05) is 30.3 Å². The molecule has 0 bridgehead atoms. The van der Waals surface area contributed by atoms with E-state index < -0.39 is 17.9 Å². The fourth-order valence-electron chi connectivity index (χ4n) is 2.80. The zero-order valence-corrected chi connectivity index (χ0v) is 15.6. The summed E-state index contributed by atoms with van der Waals surface area (Å²) < 4.78 is 10.5. The van der Waals surface area contributed by atoms with Crippen molar-refractivity contribution in [2.45, 2.75) is 24.9 Å². The lowest BCUT2D eigenvalue weighted by molar-refractivity contribution is -0.156. The van der Waals surface area contributed by atoms with Gasteiger partial charge < -0.3 is 19.4 Å². The largest absolute Gasteiger partial charge is 0.466 e. The van der Waals surface area contributed by atoms with Crippen LogP contribution in [0, 0.1) is 0 Å². The topological polar surface area (TPSA) is 88.8 Å². The third kappa shape index (κ3) is 4.71. The molecular weight excluding hydrogens is 368 g/mol. The molecule has 0 radical (unpaired) electrons. The number of amides is 2. The molecule has 27 heavy (non-hydrogen) atoms. The molecule has 8 heteroatoms. The fraction of sp³-hybridized carbons (Fsp3) is 0.316. The standard InChI is InChI=1S/C19H20N2O5S/c1-13(22)21-15(12-27-18(21)16-8-5-9-25-16)19(24)26-11-17(23)20-10-14-6-3-2-4-7-14/h2-9,15,18H,10-12H2,1H3,(H,20,23)/t15-,18-/m1/s1. The third-order valence-corrected chi connectivity index (χ3v) is 5.38. The number of carbonyl (C=O) groups is 3. The first-order chi connectivity index (χ1) is 13.1. The van der Waals surface area contributed by atoms with Crippen LogP contribution >= 0.6 is 11.8 Å². The zero-order chi connectivity index (χ0) is 19.2. The van der Waals surface area contributed by atoms with Crippen LogP contribution in [0.1, 0.15) is 23.6 Å². The van der Waals surface area contributed by atoms with Gasteiger partial charge in [-0.25, -0.2) is 4.79 Å². The summed E-state index contributed by atoms with van der Waals surface area (Å²) in [5.41, 5.74) is 0.952. The van der Waals surface area contributed by atoms with Crippen LogP contribution in [0.15, 0.2) is 53.1 Å². The number of furan rings is 1. The Morgan fingerprint density at radius 3 is 2.67 bits per heavy atom. The SMILES string of the molecule is CC(=O)N1[C@@H](C(=O)OCC(=O)NCc2ccccc2)CS[C@@H]1c1ccco1. The van der Waals surface area contributed by atoms with Crippen molar-refractivity contribution in [2.24, 2.45) is 0 Å². The van der Waals surface area contributed by atoms with Gasteiger partial charge in [0.1, 0.15) is 17.2 Å². The molecule has 0 spiro atoms. The van der Waals surface area contributed by atoms with E-state index in [2.05, 4.69) is 5.32 Å². The fourth-order valence-corrected chi connectivity index (χ4v) is 4.22. The zero-order valence-electron chi connectivity index (χ0n) is 14.8. The van der Waals surface area contributed by atoms with Crippen molar-refractivity contribution in [1.29, 1.82) is 0 Å². The maximum atomic E-state index is 12.4. The van der Waals surface area contributed by atoms with Crippen LogP contribution in [0.25, 0.3) is 0 Å². The summed E-state index contributed by atoms with van der Waals surface area (Å²) >= 11 is 1.42. The number of benzene rings is 1. The minimum absolute atomic E-state index is 0.253. The number of hydrogen-bond acceptors (Lipinski definition) is 6. The predicted octanol–water partition coefficient (Wildman–Crippen LogP) is 2.10. The Kier molecular flexibility index (Phi) is 6.18. The number of esters is 1. The second-order valence-corrected chi connectivity index (χ2v) is 7.13. The second kappa shape index (κ2) is 8.77. The number of hydrogen-bond donors (Lipinski definition) is 1. The average Bonchev–Trinajstić information content (AvgIpc) is 3.34. The highest BCUT2D eigenvalue weighted by atomic mass is 32.2. The van der Waals surface area contributed by atoms with Gasteiger partial charge in [-0.05, 0) is 17.7 Å². The van der Waals surface area contributed by atoms with Crippen LogP contribution in [-0.2, 0) is 25.7 Å². The molecule has 0 unspecified atom stereocenters. The van der Waals surface area contributed by atoms with E-state index >= 15 is 0 Å². The number of nitrogens with one attached hydrogen (secondary N) is 1. The molecule has 1 saturated heterocycles. The minimum atomic E-state index is -0.746. The quantitative estimate of drug-likeness (QED) is 0.763. The van der Waals surface area contributed by atoms with Gasteiger partial charge in [0.25, 0.3) is 5.91 Å². The minimum Gasteiger partial charge on any atom is -0.466 e. The van der Waals surface area contributed by atoms with Gasteiger partial charge in [0.15, 0.2) is 6.61 Å². The van der Waals surface area contributed by atoms with E-state index in [9.17, 15) is 14.4 Å². The Morgan fingerprint density at radius 1 is 1.22 bits per heavy atom. The van der Waals surface area contributed by atoms with Crippen LogP contribution < -0.4 is 5.32 Å². The highest BCUT2D eigenvalue weighted by molar-refractivity contribution is 7.99. The lowest BCUT2D eigenvalue weighted by Gasteiger charge is -2.25. The van der Waals surface area contributed by atoms with Crippen LogP contribution in [0.4, 0.5) is 0 Å². The summed E-state index contributed by atoms with van der Waals surface area (Å²) in [5.74, 6) is -0.255. The molecule has 0 aliphatic carbocycles. The van der Waals surface area contributed by atoms with Gasteiger partial charge in [0, 0.05) is 19.2 Å². The molecule has 1 N–H and O–H groups in total. The van der Waals surface area contributed by atoms with Crippen LogP contribution in [0.5, 0.6) is 0 Å². The van der Waals surface area contributed by atoms with E-state index in [-0.39, 0.29) is 17.9 Å². The lowest BCUT2D eigenvalue weighted by Crippen LogP contribution is -2.43. The normalized spacial score (nSPS) is 18.9. The average molecular weight is 388 g/mol. The Labute approximate surface area is 161 Å². The van der Waals surface area contributed by atoms with Gasteiger partial charge in [0.2, 0.25) is 5.91 Å². The molecule has 1 aliphatic rings. The Morgan fingerprint density at radius 2 is 2.00 bits per heavy atom. The molecule has 3 rings (SSSR count). The smallest absolute Gasteiger partial charge is 0.330 e. The number of ether oxygens (including phenoxy) is 1. The van der Waals surface area contributed by atoms with E-state index in [1.54, 1.807) is 12.1 Å². The maximum absolute atomic E-state index is 12.4. The van der Waals surface area contributed by atoms with E-state index in [1.165, 1.54) is 29.8 Å². The van der Waals surface area contributed by atoms with Gasteiger partial charge in [-0.3, -0.25) is 9.59 Å². The Balaban J connectivity index is 1.52. The first kappa shape index (κ1) is 19.0. The molecule has 1 aliphatic heterocycles. The Hall–Kier alpha value is -2.74. The van der Waals surface area contributed by atoms with Crippen molar-refractivity contribution < 1.29 is 23.5 Å². The number of thioether (sulfide) groups is 1. The predicted molar refractivity (Wildman–Crippen MR) is 99.5 cm³/mol. The Bertz CT molecular complexity index is 794. The maximum Gasteiger partial charge on any atom is 0.330 e.